The molecule has 3 rings (SSSR count). The lowest BCUT2D eigenvalue weighted by molar-refractivity contribution is -0.139. The van der Waals surface area contributed by atoms with Crippen LogP contribution < -0.4 is 10.1 Å². The molecule has 1 amide bonds. The van der Waals surface area contributed by atoms with Gasteiger partial charge >= 0.3 is 5.97 Å². The van der Waals surface area contributed by atoms with Crippen LogP contribution in [0.5, 0.6) is 5.75 Å². The summed E-state index contributed by atoms with van der Waals surface area (Å²) in [5.41, 5.74) is 2.70. The van der Waals surface area contributed by atoms with Crippen LogP contribution in [0.2, 0.25) is 0 Å². The average Bonchev–Trinajstić information content (AvgIpc) is 2.75. The van der Waals surface area contributed by atoms with Gasteiger partial charge in [-0.1, -0.05) is 48.5 Å². The molecule has 0 spiro atoms. The number of carbonyl (C=O) groups excluding carboxylic acids is 2. The van der Waals surface area contributed by atoms with Gasteiger partial charge in [0.05, 0.1) is 19.2 Å². The van der Waals surface area contributed by atoms with Crippen LogP contribution in [0.25, 0.3) is 11.1 Å². The molecule has 0 fully saturated rings. The largest absolute Gasteiger partial charge is 0.481 e. The van der Waals surface area contributed by atoms with Crippen LogP contribution in [-0.2, 0) is 20.7 Å². The van der Waals surface area contributed by atoms with E-state index in [9.17, 15) is 9.59 Å². The number of methoxy groups -OCH3 is 1. The predicted molar refractivity (Wildman–Crippen MR) is 111 cm³/mol. The molecule has 0 bridgehead atoms. The first-order valence-electron chi connectivity index (χ1n) is 9.21. The van der Waals surface area contributed by atoms with Gasteiger partial charge in [-0.3, -0.25) is 9.59 Å². The summed E-state index contributed by atoms with van der Waals surface area (Å²) in [4.78, 5) is 28.0. The van der Waals surface area contributed by atoms with Crippen LogP contribution in [0.4, 0.5) is 5.82 Å². The van der Waals surface area contributed by atoms with Crippen molar-refractivity contribution in [1.82, 2.24) is 4.98 Å². The van der Waals surface area contributed by atoms with E-state index in [-0.39, 0.29) is 12.3 Å². The number of aromatic nitrogens is 1. The van der Waals surface area contributed by atoms with E-state index in [2.05, 4.69) is 15.0 Å². The third kappa shape index (κ3) is 5.65. The molecular weight excluding hydrogens is 368 g/mol. The van der Waals surface area contributed by atoms with Crippen molar-refractivity contribution in [3.63, 3.8) is 0 Å². The van der Waals surface area contributed by atoms with Crippen molar-refractivity contribution >= 4 is 17.7 Å². The third-order valence-corrected chi connectivity index (χ3v) is 4.25. The van der Waals surface area contributed by atoms with E-state index in [0.29, 0.717) is 17.3 Å². The van der Waals surface area contributed by atoms with Gasteiger partial charge in [-0.25, -0.2) is 4.98 Å². The fourth-order valence-corrected chi connectivity index (χ4v) is 2.71. The van der Waals surface area contributed by atoms with Crippen LogP contribution in [0.3, 0.4) is 0 Å². The smallest absolute Gasteiger partial charge is 0.311 e. The lowest BCUT2D eigenvalue weighted by atomic mass is 10.1. The highest BCUT2D eigenvalue weighted by atomic mass is 16.5. The second-order valence-corrected chi connectivity index (χ2v) is 6.41. The molecule has 2 aromatic carbocycles. The summed E-state index contributed by atoms with van der Waals surface area (Å²) in [7, 11) is 1.32. The van der Waals surface area contributed by atoms with Gasteiger partial charge in [0, 0.05) is 0 Å². The van der Waals surface area contributed by atoms with E-state index in [1.165, 1.54) is 7.11 Å². The Bertz CT molecular complexity index is 972. The van der Waals surface area contributed by atoms with Crippen molar-refractivity contribution in [2.75, 3.05) is 12.4 Å². The first-order chi connectivity index (χ1) is 14.0. The van der Waals surface area contributed by atoms with E-state index in [4.69, 9.17) is 4.74 Å². The van der Waals surface area contributed by atoms with Gasteiger partial charge in [-0.2, -0.15) is 0 Å². The molecule has 0 saturated heterocycles. The summed E-state index contributed by atoms with van der Waals surface area (Å²) in [6.45, 7) is 1.67. The number of pyridine rings is 1. The van der Waals surface area contributed by atoms with Gasteiger partial charge in [0.25, 0.3) is 5.91 Å². The minimum atomic E-state index is -0.719. The highest BCUT2D eigenvalue weighted by Gasteiger charge is 2.16. The Hall–Kier alpha value is -3.67. The molecule has 0 aliphatic heterocycles. The lowest BCUT2D eigenvalue weighted by Crippen LogP contribution is -2.30. The molecule has 6 heteroatoms. The van der Waals surface area contributed by atoms with Crippen molar-refractivity contribution in [3.8, 4) is 16.9 Å². The van der Waals surface area contributed by atoms with Crippen LogP contribution in [-0.4, -0.2) is 30.1 Å². The molecule has 1 atom stereocenters. The first-order valence-corrected chi connectivity index (χ1v) is 9.21. The van der Waals surface area contributed by atoms with E-state index < -0.39 is 12.1 Å². The molecule has 1 heterocycles. The maximum absolute atomic E-state index is 12.4. The molecular formula is C23H22N2O4. The fraction of sp³-hybridized carbons (Fsp3) is 0.174. The summed E-state index contributed by atoms with van der Waals surface area (Å²) in [6.07, 6.45) is -0.677. The maximum Gasteiger partial charge on any atom is 0.311 e. The molecule has 0 aliphatic rings. The van der Waals surface area contributed by atoms with Gasteiger partial charge in [-0.15, -0.1) is 0 Å². The number of carbonyl (C=O) groups is 2. The minimum Gasteiger partial charge on any atom is -0.481 e. The van der Waals surface area contributed by atoms with Crippen LogP contribution in [0.15, 0.2) is 72.8 Å². The van der Waals surface area contributed by atoms with Gasteiger partial charge < -0.3 is 14.8 Å². The van der Waals surface area contributed by atoms with Gasteiger partial charge in [0.2, 0.25) is 0 Å². The minimum absolute atomic E-state index is 0.0417. The van der Waals surface area contributed by atoms with Crippen molar-refractivity contribution in [2.24, 2.45) is 0 Å². The number of esters is 1. The second kappa shape index (κ2) is 9.50. The molecule has 1 aromatic heterocycles. The third-order valence-electron chi connectivity index (χ3n) is 4.25. The van der Waals surface area contributed by atoms with Crippen molar-refractivity contribution < 1.29 is 19.1 Å². The molecule has 1 N–H and O–H groups in total. The van der Waals surface area contributed by atoms with Crippen LogP contribution in [0.1, 0.15) is 12.6 Å². The van der Waals surface area contributed by atoms with Crippen LogP contribution in [0, 0.1) is 0 Å². The quantitative estimate of drug-likeness (QED) is 0.620. The maximum atomic E-state index is 12.4. The highest BCUT2D eigenvalue weighted by Crippen LogP contribution is 2.22. The standard InChI is InChI=1S/C23H22N2O4/c1-16(23(27)25-21-10-6-9-19(24-21)15-22(26)28-2)29-20-13-11-18(12-14-20)17-7-4-3-5-8-17/h3-14,16H,15H2,1-2H3,(H,24,25,27)/t16-/m0/s1. The topological polar surface area (TPSA) is 77.5 Å². The second-order valence-electron chi connectivity index (χ2n) is 6.41. The zero-order valence-electron chi connectivity index (χ0n) is 16.3. The molecule has 3 aromatic rings. The van der Waals surface area contributed by atoms with E-state index in [1.54, 1.807) is 25.1 Å². The number of rotatable bonds is 7. The number of hydrogen-bond donors (Lipinski definition) is 1. The molecule has 0 saturated carbocycles. The number of benzene rings is 2. The Labute approximate surface area is 169 Å². The van der Waals surface area contributed by atoms with Crippen molar-refractivity contribution in [2.45, 2.75) is 19.4 Å². The number of ether oxygens (including phenoxy) is 2. The Morgan fingerprint density at radius 3 is 2.31 bits per heavy atom. The Balaban J connectivity index is 1.59. The molecule has 6 nitrogen and oxygen atoms in total. The first kappa shape index (κ1) is 20.1. The molecule has 148 valence electrons. The zero-order chi connectivity index (χ0) is 20.6. The summed E-state index contributed by atoms with van der Waals surface area (Å²) < 4.78 is 10.4. The Kier molecular flexibility index (Phi) is 6.58. The monoisotopic (exact) mass is 390 g/mol. The molecule has 0 radical (unpaired) electrons. The molecule has 0 aliphatic carbocycles. The fourth-order valence-electron chi connectivity index (χ4n) is 2.71. The lowest BCUT2D eigenvalue weighted by Gasteiger charge is -2.15. The average molecular weight is 390 g/mol. The van der Waals surface area contributed by atoms with Crippen molar-refractivity contribution in [3.05, 3.63) is 78.5 Å². The Morgan fingerprint density at radius 2 is 1.62 bits per heavy atom. The zero-order valence-corrected chi connectivity index (χ0v) is 16.3. The number of nitrogens with zero attached hydrogens (tertiary/aromatic N) is 1. The summed E-state index contributed by atoms with van der Waals surface area (Å²) in [5.74, 6) is 0.225. The normalized spacial score (nSPS) is 11.4. The van der Waals surface area contributed by atoms with Gasteiger partial charge in [-0.05, 0) is 42.3 Å². The molecule has 29 heavy (non-hydrogen) atoms. The predicted octanol–water partition coefficient (Wildman–Crippen LogP) is 3.87. The summed E-state index contributed by atoms with van der Waals surface area (Å²) in [6, 6.07) is 22.7. The summed E-state index contributed by atoms with van der Waals surface area (Å²) >= 11 is 0. The van der Waals surface area contributed by atoms with Crippen LogP contribution >= 0.6 is 0 Å². The SMILES string of the molecule is COC(=O)Cc1cccc(NC(=O)[C@H](C)Oc2ccc(-c3ccccc3)cc2)n1. The summed E-state index contributed by atoms with van der Waals surface area (Å²) in [5, 5.41) is 2.70. The number of amides is 1. The van der Waals surface area contributed by atoms with Crippen molar-refractivity contribution in [1.29, 1.82) is 0 Å². The van der Waals surface area contributed by atoms with E-state index in [1.807, 2.05) is 54.6 Å². The van der Waals surface area contributed by atoms with E-state index >= 15 is 0 Å². The number of hydrogen-bond acceptors (Lipinski definition) is 5. The van der Waals surface area contributed by atoms with E-state index in [0.717, 1.165) is 11.1 Å². The van der Waals surface area contributed by atoms with Gasteiger partial charge in [0.15, 0.2) is 6.10 Å². The number of nitrogens with one attached hydrogen (secondary N) is 1. The number of anilines is 1. The highest BCUT2D eigenvalue weighted by molar-refractivity contribution is 5.93. The Morgan fingerprint density at radius 1 is 0.931 bits per heavy atom. The molecule has 0 unspecified atom stereocenters. The van der Waals surface area contributed by atoms with Gasteiger partial charge in [0.1, 0.15) is 11.6 Å².